The van der Waals surface area contributed by atoms with E-state index < -0.39 is 0 Å². The monoisotopic (exact) mass is 216 g/mol. The smallest absolute Gasteiger partial charge is 0.0192 e. The van der Waals surface area contributed by atoms with Gasteiger partial charge >= 0.3 is 0 Å². The van der Waals surface area contributed by atoms with E-state index in [1.165, 1.54) is 38.0 Å². The zero-order valence-corrected chi connectivity index (χ0v) is 10.3. The van der Waals surface area contributed by atoms with Crippen LogP contribution in [0.1, 0.15) is 32.6 Å². The first-order chi connectivity index (χ1) is 6.86. The molecule has 1 aliphatic rings. The molecule has 2 nitrogen and oxygen atoms in total. The Morgan fingerprint density at radius 2 is 2.36 bits per heavy atom. The molecule has 1 aliphatic heterocycles. The van der Waals surface area contributed by atoms with E-state index in [1.807, 2.05) is 11.8 Å². The van der Waals surface area contributed by atoms with Crippen LogP contribution in [-0.2, 0) is 0 Å². The van der Waals surface area contributed by atoms with Gasteiger partial charge < -0.3 is 10.6 Å². The maximum Gasteiger partial charge on any atom is 0.0192 e. The summed E-state index contributed by atoms with van der Waals surface area (Å²) in [6, 6.07) is 1.42. The highest BCUT2D eigenvalue weighted by Gasteiger charge is 2.13. The summed E-state index contributed by atoms with van der Waals surface area (Å²) in [7, 11) is 0. The van der Waals surface area contributed by atoms with Crippen LogP contribution in [-0.4, -0.2) is 37.2 Å². The summed E-state index contributed by atoms with van der Waals surface area (Å²) in [6.45, 7) is 4.63. The van der Waals surface area contributed by atoms with Crippen molar-refractivity contribution in [1.82, 2.24) is 10.6 Å². The van der Waals surface area contributed by atoms with E-state index in [0.717, 1.165) is 12.6 Å². The van der Waals surface area contributed by atoms with Crippen LogP contribution in [0.5, 0.6) is 0 Å². The molecule has 14 heavy (non-hydrogen) atoms. The molecule has 0 radical (unpaired) electrons. The Bertz CT molecular complexity index is 130. The average Bonchev–Trinajstić information content (AvgIpc) is 2.25. The minimum Gasteiger partial charge on any atom is -0.313 e. The third-order valence-corrected chi connectivity index (χ3v) is 3.66. The number of rotatable bonds is 6. The van der Waals surface area contributed by atoms with E-state index in [4.69, 9.17) is 0 Å². The Kier molecular flexibility index (Phi) is 6.65. The number of hydrogen-bond acceptors (Lipinski definition) is 3. The van der Waals surface area contributed by atoms with E-state index in [-0.39, 0.29) is 0 Å². The van der Waals surface area contributed by atoms with Crippen LogP contribution >= 0.6 is 11.8 Å². The zero-order chi connectivity index (χ0) is 10.2. The Hall–Kier alpha value is 0.270. The molecule has 84 valence electrons. The number of hydrogen-bond donors (Lipinski definition) is 2. The molecule has 0 aromatic heterocycles. The van der Waals surface area contributed by atoms with Gasteiger partial charge in [-0.3, -0.25) is 0 Å². The first kappa shape index (κ1) is 12.3. The summed E-state index contributed by atoms with van der Waals surface area (Å²) in [6.07, 6.45) is 7.54. The summed E-state index contributed by atoms with van der Waals surface area (Å²) >= 11 is 1.94. The van der Waals surface area contributed by atoms with Gasteiger partial charge in [-0.2, -0.15) is 11.8 Å². The highest BCUT2D eigenvalue weighted by Crippen LogP contribution is 2.07. The van der Waals surface area contributed by atoms with Crippen molar-refractivity contribution in [1.29, 1.82) is 0 Å². The predicted molar refractivity (Wildman–Crippen MR) is 66.1 cm³/mol. The van der Waals surface area contributed by atoms with Gasteiger partial charge in [0.05, 0.1) is 0 Å². The summed E-state index contributed by atoms with van der Waals surface area (Å²) < 4.78 is 0. The first-order valence-corrected chi connectivity index (χ1v) is 7.22. The molecule has 0 aromatic carbocycles. The van der Waals surface area contributed by atoms with Gasteiger partial charge in [0.2, 0.25) is 0 Å². The van der Waals surface area contributed by atoms with Crippen molar-refractivity contribution in [2.75, 3.05) is 25.1 Å². The Morgan fingerprint density at radius 3 is 2.93 bits per heavy atom. The fourth-order valence-corrected chi connectivity index (χ4v) is 2.69. The molecule has 0 saturated carbocycles. The lowest BCUT2D eigenvalue weighted by Crippen LogP contribution is -2.45. The second kappa shape index (κ2) is 7.55. The molecule has 0 amide bonds. The van der Waals surface area contributed by atoms with Gasteiger partial charge in [-0.1, -0.05) is 13.3 Å². The van der Waals surface area contributed by atoms with Crippen molar-refractivity contribution in [3.63, 3.8) is 0 Å². The predicted octanol–water partition coefficient (Wildman–Crippen LogP) is 1.86. The van der Waals surface area contributed by atoms with Gasteiger partial charge in [0.1, 0.15) is 0 Å². The van der Waals surface area contributed by atoms with Crippen LogP contribution in [0.25, 0.3) is 0 Å². The van der Waals surface area contributed by atoms with Gasteiger partial charge in [0, 0.05) is 24.4 Å². The fraction of sp³-hybridized carbons (Fsp3) is 1.00. The quantitative estimate of drug-likeness (QED) is 0.709. The second-order valence-electron chi connectivity index (χ2n) is 4.12. The minimum absolute atomic E-state index is 0.703. The third-order valence-electron chi connectivity index (χ3n) is 2.93. The minimum atomic E-state index is 0.703. The lowest BCUT2D eigenvalue weighted by Gasteiger charge is -2.26. The number of piperidine rings is 1. The van der Waals surface area contributed by atoms with Crippen molar-refractivity contribution in [3.8, 4) is 0 Å². The van der Waals surface area contributed by atoms with Crippen LogP contribution < -0.4 is 10.6 Å². The van der Waals surface area contributed by atoms with Gasteiger partial charge in [-0.25, -0.2) is 0 Å². The van der Waals surface area contributed by atoms with Crippen LogP contribution in [0.4, 0.5) is 0 Å². The van der Waals surface area contributed by atoms with E-state index in [9.17, 15) is 0 Å². The maximum absolute atomic E-state index is 3.66. The molecular weight excluding hydrogens is 192 g/mol. The molecule has 0 spiro atoms. The van der Waals surface area contributed by atoms with Crippen LogP contribution in [0, 0.1) is 0 Å². The van der Waals surface area contributed by atoms with Crippen LogP contribution in [0.15, 0.2) is 0 Å². The average molecular weight is 216 g/mol. The molecule has 2 unspecified atom stereocenters. The first-order valence-electron chi connectivity index (χ1n) is 5.82. The summed E-state index contributed by atoms with van der Waals surface area (Å²) in [5, 5.41) is 7.23. The molecule has 1 fully saturated rings. The topological polar surface area (TPSA) is 24.1 Å². The maximum atomic E-state index is 3.66. The lowest BCUT2D eigenvalue weighted by molar-refractivity contribution is 0.368. The third kappa shape index (κ3) is 4.67. The molecular formula is C11H24N2S. The van der Waals surface area contributed by atoms with Crippen molar-refractivity contribution in [3.05, 3.63) is 0 Å². The second-order valence-corrected chi connectivity index (χ2v) is 5.03. The zero-order valence-electron chi connectivity index (χ0n) is 9.51. The normalized spacial score (nSPS) is 24.9. The largest absolute Gasteiger partial charge is 0.313 e. The Balaban J connectivity index is 2.10. The summed E-state index contributed by atoms with van der Waals surface area (Å²) in [5.74, 6) is 1.24. The van der Waals surface area contributed by atoms with E-state index >= 15 is 0 Å². The van der Waals surface area contributed by atoms with Gasteiger partial charge in [-0.15, -0.1) is 0 Å². The van der Waals surface area contributed by atoms with E-state index in [1.54, 1.807) is 0 Å². The SMILES string of the molecule is CCC(CSC)NCC1CCCCN1. The van der Waals surface area contributed by atoms with E-state index in [0.29, 0.717) is 6.04 Å². The molecule has 0 bridgehead atoms. The molecule has 2 atom stereocenters. The van der Waals surface area contributed by atoms with Crippen LogP contribution in [0.2, 0.25) is 0 Å². The van der Waals surface area contributed by atoms with Crippen molar-refractivity contribution < 1.29 is 0 Å². The molecule has 0 aromatic rings. The van der Waals surface area contributed by atoms with Gasteiger partial charge in [-0.05, 0) is 32.1 Å². The highest BCUT2D eigenvalue weighted by molar-refractivity contribution is 7.98. The Labute approximate surface area is 92.6 Å². The standard InChI is InChI=1S/C11H24N2S/c1-3-10(9-14-2)13-8-11-6-4-5-7-12-11/h10-13H,3-9H2,1-2H3. The summed E-state index contributed by atoms with van der Waals surface area (Å²) in [4.78, 5) is 0. The van der Waals surface area contributed by atoms with Gasteiger partial charge in [0.25, 0.3) is 0 Å². The van der Waals surface area contributed by atoms with Crippen LogP contribution in [0.3, 0.4) is 0 Å². The number of thioether (sulfide) groups is 1. The molecule has 2 N–H and O–H groups in total. The molecule has 0 aliphatic carbocycles. The summed E-state index contributed by atoms with van der Waals surface area (Å²) in [5.41, 5.74) is 0. The molecule has 1 heterocycles. The highest BCUT2D eigenvalue weighted by atomic mass is 32.2. The fourth-order valence-electron chi connectivity index (χ4n) is 1.93. The lowest BCUT2D eigenvalue weighted by atomic mass is 10.0. The van der Waals surface area contributed by atoms with Crippen molar-refractivity contribution in [2.24, 2.45) is 0 Å². The molecule has 1 saturated heterocycles. The molecule has 1 rings (SSSR count). The van der Waals surface area contributed by atoms with E-state index in [2.05, 4.69) is 23.8 Å². The molecule has 3 heteroatoms. The van der Waals surface area contributed by atoms with Crippen molar-refractivity contribution in [2.45, 2.75) is 44.7 Å². The number of nitrogens with one attached hydrogen (secondary N) is 2. The van der Waals surface area contributed by atoms with Gasteiger partial charge in [0.15, 0.2) is 0 Å². The van der Waals surface area contributed by atoms with Crippen molar-refractivity contribution >= 4 is 11.8 Å². The Morgan fingerprint density at radius 1 is 1.50 bits per heavy atom.